The molecule has 0 saturated carbocycles. The molecule has 3 heteroatoms. The second-order valence-electron chi connectivity index (χ2n) is 3.02. The van der Waals surface area contributed by atoms with Gasteiger partial charge in [0.1, 0.15) is 5.60 Å². The Morgan fingerprint density at radius 1 is 1.55 bits per heavy atom. The van der Waals surface area contributed by atoms with Crippen LogP contribution in [0.15, 0.2) is 0 Å². The molecule has 0 amide bonds. The van der Waals surface area contributed by atoms with Gasteiger partial charge in [-0.25, -0.2) is 0 Å². The highest BCUT2D eigenvalue weighted by molar-refractivity contribution is 4.85. The first-order valence-corrected chi connectivity index (χ1v) is 4.25. The van der Waals surface area contributed by atoms with Crippen molar-refractivity contribution in [2.75, 3.05) is 26.4 Å². The molecule has 3 nitrogen and oxygen atoms in total. The highest BCUT2D eigenvalue weighted by Gasteiger charge is 2.37. The second-order valence-corrected chi connectivity index (χ2v) is 3.02. The van der Waals surface area contributed by atoms with Gasteiger partial charge in [-0.05, 0) is 19.4 Å². The maximum atomic E-state index is 5.65. The second kappa shape index (κ2) is 4.04. The summed E-state index contributed by atoms with van der Waals surface area (Å²) in [5, 5.41) is 0. The molecule has 1 fully saturated rings. The first-order chi connectivity index (χ1) is 5.33. The fraction of sp³-hybridized carbons (Fsp3) is 1.00. The SMILES string of the molecule is CCC1(OCCCN)COC1. The fourth-order valence-corrected chi connectivity index (χ4v) is 1.09. The van der Waals surface area contributed by atoms with E-state index in [1.807, 2.05) is 0 Å². The Kier molecular flexibility index (Phi) is 3.30. The van der Waals surface area contributed by atoms with Gasteiger partial charge in [-0.2, -0.15) is 0 Å². The lowest BCUT2D eigenvalue weighted by molar-refractivity contribution is -0.210. The van der Waals surface area contributed by atoms with E-state index >= 15 is 0 Å². The summed E-state index contributed by atoms with van der Waals surface area (Å²) in [5.74, 6) is 0. The Labute approximate surface area is 67.9 Å². The van der Waals surface area contributed by atoms with Gasteiger partial charge < -0.3 is 15.2 Å². The minimum Gasteiger partial charge on any atom is -0.375 e. The number of rotatable bonds is 5. The Bertz CT molecular complexity index is 107. The van der Waals surface area contributed by atoms with Crippen LogP contribution in [-0.2, 0) is 9.47 Å². The summed E-state index contributed by atoms with van der Waals surface area (Å²) in [6, 6.07) is 0. The van der Waals surface area contributed by atoms with E-state index in [4.69, 9.17) is 15.2 Å². The van der Waals surface area contributed by atoms with E-state index < -0.39 is 0 Å². The molecule has 1 heterocycles. The first kappa shape index (κ1) is 8.97. The Morgan fingerprint density at radius 2 is 2.27 bits per heavy atom. The van der Waals surface area contributed by atoms with Crippen LogP contribution >= 0.6 is 0 Å². The van der Waals surface area contributed by atoms with Crippen LogP contribution in [0.3, 0.4) is 0 Å². The van der Waals surface area contributed by atoms with Gasteiger partial charge >= 0.3 is 0 Å². The van der Waals surface area contributed by atoms with Gasteiger partial charge in [0.15, 0.2) is 0 Å². The topological polar surface area (TPSA) is 44.5 Å². The lowest BCUT2D eigenvalue weighted by Gasteiger charge is -2.40. The lowest BCUT2D eigenvalue weighted by Crippen LogP contribution is -2.51. The predicted octanol–water partition coefficient (Wildman–Crippen LogP) is 0.531. The van der Waals surface area contributed by atoms with Crippen molar-refractivity contribution < 1.29 is 9.47 Å². The van der Waals surface area contributed by atoms with Crippen LogP contribution in [0.1, 0.15) is 19.8 Å². The van der Waals surface area contributed by atoms with Gasteiger partial charge in [-0.15, -0.1) is 0 Å². The van der Waals surface area contributed by atoms with Gasteiger partial charge in [-0.3, -0.25) is 0 Å². The van der Waals surface area contributed by atoms with Crippen molar-refractivity contribution in [1.82, 2.24) is 0 Å². The Balaban J connectivity index is 2.11. The molecule has 66 valence electrons. The van der Waals surface area contributed by atoms with Crippen molar-refractivity contribution in [3.05, 3.63) is 0 Å². The highest BCUT2D eigenvalue weighted by atomic mass is 16.6. The zero-order valence-corrected chi connectivity index (χ0v) is 7.14. The Morgan fingerprint density at radius 3 is 2.64 bits per heavy atom. The highest BCUT2D eigenvalue weighted by Crippen LogP contribution is 2.25. The maximum Gasteiger partial charge on any atom is 0.114 e. The van der Waals surface area contributed by atoms with Crippen LogP contribution in [0.25, 0.3) is 0 Å². The summed E-state index contributed by atoms with van der Waals surface area (Å²) in [7, 11) is 0. The standard InChI is InChI=1S/C8H17NO2/c1-2-8(6-10-7-8)11-5-3-4-9/h2-7,9H2,1H3. The molecule has 0 atom stereocenters. The third-order valence-corrected chi connectivity index (χ3v) is 2.13. The molecule has 11 heavy (non-hydrogen) atoms. The number of hydrogen-bond donors (Lipinski definition) is 1. The number of hydrogen-bond acceptors (Lipinski definition) is 3. The smallest absolute Gasteiger partial charge is 0.114 e. The summed E-state index contributed by atoms with van der Waals surface area (Å²) in [4.78, 5) is 0. The predicted molar refractivity (Wildman–Crippen MR) is 43.5 cm³/mol. The third-order valence-electron chi connectivity index (χ3n) is 2.13. The van der Waals surface area contributed by atoms with Crippen LogP contribution < -0.4 is 5.73 Å². The summed E-state index contributed by atoms with van der Waals surface area (Å²) < 4.78 is 10.8. The monoisotopic (exact) mass is 159 g/mol. The van der Waals surface area contributed by atoms with Crippen molar-refractivity contribution in [2.45, 2.75) is 25.4 Å². The molecule has 1 aliphatic rings. The normalized spacial score (nSPS) is 21.3. The van der Waals surface area contributed by atoms with E-state index in [-0.39, 0.29) is 5.60 Å². The van der Waals surface area contributed by atoms with Crippen molar-refractivity contribution in [2.24, 2.45) is 5.73 Å². The largest absolute Gasteiger partial charge is 0.375 e. The van der Waals surface area contributed by atoms with Crippen LogP contribution in [0, 0.1) is 0 Å². The van der Waals surface area contributed by atoms with Crippen LogP contribution in [0.2, 0.25) is 0 Å². The van der Waals surface area contributed by atoms with Crippen molar-refractivity contribution >= 4 is 0 Å². The maximum absolute atomic E-state index is 5.65. The summed E-state index contributed by atoms with van der Waals surface area (Å²) >= 11 is 0. The van der Waals surface area contributed by atoms with Crippen molar-refractivity contribution in [3.8, 4) is 0 Å². The summed E-state index contributed by atoms with van der Waals surface area (Å²) in [6.07, 6.45) is 1.99. The van der Waals surface area contributed by atoms with E-state index in [9.17, 15) is 0 Å². The molecular weight excluding hydrogens is 142 g/mol. The average molecular weight is 159 g/mol. The van der Waals surface area contributed by atoms with Gasteiger partial charge in [0.05, 0.1) is 13.2 Å². The van der Waals surface area contributed by atoms with E-state index in [1.54, 1.807) is 0 Å². The van der Waals surface area contributed by atoms with Gasteiger partial charge in [0.2, 0.25) is 0 Å². The zero-order chi connectivity index (χ0) is 8.16. The van der Waals surface area contributed by atoms with Crippen molar-refractivity contribution in [3.63, 3.8) is 0 Å². The van der Waals surface area contributed by atoms with Gasteiger partial charge in [-0.1, -0.05) is 6.92 Å². The molecule has 1 rings (SSSR count). The first-order valence-electron chi connectivity index (χ1n) is 4.25. The van der Waals surface area contributed by atoms with Crippen LogP contribution in [0.4, 0.5) is 0 Å². The summed E-state index contributed by atoms with van der Waals surface area (Å²) in [6.45, 7) is 5.13. The average Bonchev–Trinajstić information content (AvgIpc) is 1.95. The minimum absolute atomic E-state index is 0.0369. The van der Waals surface area contributed by atoms with Gasteiger partial charge in [0.25, 0.3) is 0 Å². The van der Waals surface area contributed by atoms with E-state index in [1.165, 1.54) is 0 Å². The molecule has 0 aromatic carbocycles. The number of nitrogens with two attached hydrogens (primary N) is 1. The van der Waals surface area contributed by atoms with Gasteiger partial charge in [0, 0.05) is 6.61 Å². The molecule has 0 spiro atoms. The van der Waals surface area contributed by atoms with E-state index in [2.05, 4.69) is 6.92 Å². The molecule has 0 aromatic rings. The molecule has 2 N–H and O–H groups in total. The molecule has 1 aliphatic heterocycles. The molecule has 0 radical (unpaired) electrons. The fourth-order valence-electron chi connectivity index (χ4n) is 1.09. The lowest BCUT2D eigenvalue weighted by atomic mass is 9.99. The quantitative estimate of drug-likeness (QED) is 0.595. The minimum atomic E-state index is 0.0369. The molecule has 0 bridgehead atoms. The zero-order valence-electron chi connectivity index (χ0n) is 7.14. The van der Waals surface area contributed by atoms with Crippen LogP contribution in [0.5, 0.6) is 0 Å². The molecule has 0 unspecified atom stereocenters. The van der Waals surface area contributed by atoms with E-state index in [0.717, 1.165) is 32.7 Å². The van der Waals surface area contributed by atoms with Crippen LogP contribution in [-0.4, -0.2) is 32.0 Å². The third kappa shape index (κ3) is 2.15. The molecular formula is C8H17NO2. The molecule has 0 aliphatic carbocycles. The summed E-state index contributed by atoms with van der Waals surface area (Å²) in [5.41, 5.74) is 5.38. The number of ether oxygens (including phenoxy) is 2. The molecule has 0 aromatic heterocycles. The molecule has 1 saturated heterocycles. The van der Waals surface area contributed by atoms with Crippen molar-refractivity contribution in [1.29, 1.82) is 0 Å². The van der Waals surface area contributed by atoms with E-state index in [0.29, 0.717) is 6.54 Å². The Hall–Kier alpha value is -0.120.